The molecule has 0 aromatic rings. The Morgan fingerprint density at radius 2 is 2.18 bits per heavy atom. The fourth-order valence-corrected chi connectivity index (χ4v) is 2.23. The molecule has 3 atom stereocenters. The quantitative estimate of drug-likeness (QED) is 0.655. The van der Waals surface area contributed by atoms with Crippen LogP contribution >= 0.6 is 0 Å². The van der Waals surface area contributed by atoms with E-state index >= 15 is 0 Å². The third-order valence-electron chi connectivity index (χ3n) is 3.64. The number of hydrogen-bond acceptors (Lipinski definition) is 3. The van der Waals surface area contributed by atoms with Crippen molar-refractivity contribution >= 4 is 11.8 Å². The van der Waals surface area contributed by atoms with Gasteiger partial charge in [0.1, 0.15) is 6.04 Å². The lowest BCUT2D eigenvalue weighted by Gasteiger charge is -2.29. The van der Waals surface area contributed by atoms with Crippen LogP contribution in [0.5, 0.6) is 0 Å². The van der Waals surface area contributed by atoms with Crippen LogP contribution in [0.4, 0.5) is 0 Å². The van der Waals surface area contributed by atoms with Crippen molar-refractivity contribution in [2.24, 2.45) is 11.1 Å². The van der Waals surface area contributed by atoms with Gasteiger partial charge < -0.3 is 16.4 Å². The molecule has 1 rings (SSSR count). The summed E-state index contributed by atoms with van der Waals surface area (Å²) in [6, 6.07) is -0.615. The minimum atomic E-state index is -0.527. The molecule has 0 spiro atoms. The van der Waals surface area contributed by atoms with Crippen LogP contribution in [-0.2, 0) is 9.59 Å². The second-order valence-electron chi connectivity index (χ2n) is 5.01. The molecule has 17 heavy (non-hydrogen) atoms. The van der Waals surface area contributed by atoms with Gasteiger partial charge >= 0.3 is 0 Å². The van der Waals surface area contributed by atoms with Crippen molar-refractivity contribution in [2.75, 3.05) is 6.54 Å². The summed E-state index contributed by atoms with van der Waals surface area (Å²) in [4.78, 5) is 23.6. The van der Waals surface area contributed by atoms with E-state index in [1.165, 1.54) is 0 Å². The summed E-state index contributed by atoms with van der Waals surface area (Å²) < 4.78 is 0. The normalized spacial score (nSPS) is 29.8. The smallest absolute Gasteiger partial charge is 0.242 e. The predicted molar refractivity (Wildman–Crippen MR) is 66.2 cm³/mol. The van der Waals surface area contributed by atoms with Crippen molar-refractivity contribution in [3.05, 3.63) is 0 Å². The number of likely N-dealkylation sites (N-methyl/N-ethyl adjacent to an activating group) is 1. The van der Waals surface area contributed by atoms with Crippen molar-refractivity contribution in [1.29, 1.82) is 0 Å². The average Bonchev–Trinajstić information content (AvgIpc) is 2.61. The number of amides is 2. The summed E-state index contributed by atoms with van der Waals surface area (Å²) in [5, 5.41) is 5.43. The summed E-state index contributed by atoms with van der Waals surface area (Å²) in [5.41, 5.74) is 5.44. The zero-order chi connectivity index (χ0) is 13.1. The molecule has 0 radical (unpaired) electrons. The molecule has 5 heteroatoms. The van der Waals surface area contributed by atoms with E-state index in [1.807, 2.05) is 13.8 Å². The first-order valence-corrected chi connectivity index (χ1v) is 6.26. The van der Waals surface area contributed by atoms with E-state index in [-0.39, 0.29) is 17.9 Å². The maximum absolute atomic E-state index is 12.1. The Labute approximate surface area is 103 Å². The molecule has 2 amide bonds. The van der Waals surface area contributed by atoms with Gasteiger partial charge in [-0.2, -0.15) is 0 Å². The molecule has 1 aliphatic rings. The largest absolute Gasteiger partial charge is 0.355 e. The molecule has 1 fully saturated rings. The van der Waals surface area contributed by atoms with Gasteiger partial charge in [0.15, 0.2) is 0 Å². The van der Waals surface area contributed by atoms with Crippen LogP contribution in [0.15, 0.2) is 0 Å². The van der Waals surface area contributed by atoms with Crippen LogP contribution in [0.2, 0.25) is 0 Å². The molecule has 0 aliphatic heterocycles. The lowest BCUT2D eigenvalue weighted by molar-refractivity contribution is -0.134. The van der Waals surface area contributed by atoms with E-state index in [1.54, 1.807) is 6.92 Å². The van der Waals surface area contributed by atoms with Gasteiger partial charge in [0.25, 0.3) is 0 Å². The highest BCUT2D eigenvalue weighted by molar-refractivity contribution is 5.90. The Kier molecular flexibility index (Phi) is 4.51. The lowest BCUT2D eigenvalue weighted by atomic mass is 9.84. The number of rotatable bonds is 4. The van der Waals surface area contributed by atoms with E-state index in [0.29, 0.717) is 6.54 Å². The zero-order valence-corrected chi connectivity index (χ0v) is 10.9. The van der Waals surface area contributed by atoms with Crippen LogP contribution in [0, 0.1) is 5.41 Å². The second-order valence-corrected chi connectivity index (χ2v) is 5.01. The zero-order valence-electron chi connectivity index (χ0n) is 10.9. The third-order valence-corrected chi connectivity index (χ3v) is 3.64. The number of nitrogens with two attached hydrogens (primary N) is 1. The first kappa shape index (κ1) is 14.0. The van der Waals surface area contributed by atoms with Gasteiger partial charge in [-0.25, -0.2) is 0 Å². The van der Waals surface area contributed by atoms with Gasteiger partial charge in [-0.1, -0.05) is 6.42 Å². The van der Waals surface area contributed by atoms with E-state index < -0.39 is 11.5 Å². The number of nitrogens with one attached hydrogen (secondary N) is 2. The Morgan fingerprint density at radius 1 is 1.53 bits per heavy atom. The monoisotopic (exact) mass is 241 g/mol. The molecule has 0 heterocycles. The average molecular weight is 241 g/mol. The van der Waals surface area contributed by atoms with E-state index in [2.05, 4.69) is 10.6 Å². The van der Waals surface area contributed by atoms with Gasteiger partial charge in [0, 0.05) is 12.6 Å². The highest BCUT2D eigenvalue weighted by atomic mass is 16.2. The number of carbonyl (C=O) groups is 2. The number of carbonyl (C=O) groups excluding carboxylic acids is 2. The maximum atomic E-state index is 12.1. The molecule has 1 saturated carbocycles. The molecule has 98 valence electrons. The topological polar surface area (TPSA) is 84.2 Å². The molecule has 0 bridgehead atoms. The van der Waals surface area contributed by atoms with Crippen LogP contribution in [-0.4, -0.2) is 30.4 Å². The molecule has 3 unspecified atom stereocenters. The van der Waals surface area contributed by atoms with Crippen LogP contribution in [0.25, 0.3) is 0 Å². The molecule has 0 aromatic carbocycles. The van der Waals surface area contributed by atoms with Crippen LogP contribution < -0.4 is 16.4 Å². The summed E-state index contributed by atoms with van der Waals surface area (Å²) >= 11 is 0. The van der Waals surface area contributed by atoms with Crippen molar-refractivity contribution in [3.8, 4) is 0 Å². The molecular formula is C12H23N3O2. The third kappa shape index (κ3) is 2.97. The highest BCUT2D eigenvalue weighted by Gasteiger charge is 2.43. The summed E-state index contributed by atoms with van der Waals surface area (Å²) in [6.45, 7) is 5.98. The van der Waals surface area contributed by atoms with Gasteiger partial charge in [-0.3, -0.25) is 9.59 Å². The summed E-state index contributed by atoms with van der Waals surface area (Å²) in [7, 11) is 0. The first-order valence-electron chi connectivity index (χ1n) is 6.26. The fourth-order valence-electron chi connectivity index (χ4n) is 2.23. The molecule has 0 aromatic heterocycles. The molecule has 0 saturated heterocycles. The molecule has 4 N–H and O–H groups in total. The number of hydrogen-bond donors (Lipinski definition) is 3. The standard InChI is InChI=1S/C12H23N3O2/c1-4-14-10(16)8(2)15-11(17)12(3)7-5-6-9(12)13/h8-9H,4-7,13H2,1-3H3,(H,14,16)(H,15,17). The molecular weight excluding hydrogens is 218 g/mol. The Morgan fingerprint density at radius 3 is 2.65 bits per heavy atom. The predicted octanol–water partition coefficient (Wildman–Crippen LogP) is 0.145. The van der Waals surface area contributed by atoms with E-state index in [0.717, 1.165) is 19.3 Å². The lowest BCUT2D eigenvalue weighted by Crippen LogP contribution is -2.53. The fraction of sp³-hybridized carbons (Fsp3) is 0.833. The van der Waals surface area contributed by atoms with Crippen molar-refractivity contribution in [3.63, 3.8) is 0 Å². The van der Waals surface area contributed by atoms with Crippen molar-refractivity contribution in [1.82, 2.24) is 10.6 Å². The van der Waals surface area contributed by atoms with Crippen LogP contribution in [0.3, 0.4) is 0 Å². The maximum Gasteiger partial charge on any atom is 0.242 e. The first-order chi connectivity index (χ1) is 7.91. The van der Waals surface area contributed by atoms with E-state index in [9.17, 15) is 9.59 Å². The Balaban J connectivity index is 2.57. The Hall–Kier alpha value is -1.10. The Bertz CT molecular complexity index is 306. The molecule has 1 aliphatic carbocycles. The van der Waals surface area contributed by atoms with Crippen LogP contribution in [0.1, 0.15) is 40.0 Å². The van der Waals surface area contributed by atoms with Gasteiger partial charge in [0.05, 0.1) is 5.41 Å². The van der Waals surface area contributed by atoms with E-state index in [4.69, 9.17) is 5.73 Å². The second kappa shape index (κ2) is 5.49. The summed E-state index contributed by atoms with van der Waals surface area (Å²) in [6.07, 6.45) is 2.64. The summed E-state index contributed by atoms with van der Waals surface area (Å²) in [5.74, 6) is -0.266. The van der Waals surface area contributed by atoms with Gasteiger partial charge in [-0.05, 0) is 33.6 Å². The van der Waals surface area contributed by atoms with Crippen molar-refractivity contribution < 1.29 is 9.59 Å². The van der Waals surface area contributed by atoms with Crippen molar-refractivity contribution in [2.45, 2.75) is 52.1 Å². The minimum Gasteiger partial charge on any atom is -0.355 e. The van der Waals surface area contributed by atoms with Gasteiger partial charge in [-0.15, -0.1) is 0 Å². The molecule has 5 nitrogen and oxygen atoms in total. The minimum absolute atomic E-state index is 0.107. The SMILES string of the molecule is CCNC(=O)C(C)NC(=O)C1(C)CCCC1N. The highest BCUT2D eigenvalue weighted by Crippen LogP contribution is 2.36. The van der Waals surface area contributed by atoms with Gasteiger partial charge in [0.2, 0.25) is 11.8 Å².